The van der Waals surface area contributed by atoms with Gasteiger partial charge in [-0.15, -0.1) is 0 Å². The summed E-state index contributed by atoms with van der Waals surface area (Å²) in [5.41, 5.74) is 1.12. The molecule has 0 saturated heterocycles. The Balaban J connectivity index is 1.74. The Morgan fingerprint density at radius 3 is 2.63 bits per heavy atom. The molecule has 8 nitrogen and oxygen atoms in total. The van der Waals surface area contributed by atoms with Crippen molar-refractivity contribution in [3.63, 3.8) is 0 Å². The van der Waals surface area contributed by atoms with E-state index in [1.807, 2.05) is 0 Å². The van der Waals surface area contributed by atoms with Gasteiger partial charge < -0.3 is 29.2 Å². The largest absolute Gasteiger partial charge is 0.508 e. The van der Waals surface area contributed by atoms with Gasteiger partial charge in [-0.05, 0) is 29.8 Å². The number of phenolic OH excluding ortho intramolecular Hbond substituents is 1. The maximum absolute atomic E-state index is 12.4. The molecular formula is C19H21NO7. The maximum atomic E-state index is 12.4. The van der Waals surface area contributed by atoms with E-state index in [2.05, 4.69) is 5.32 Å². The average molecular weight is 375 g/mol. The van der Waals surface area contributed by atoms with Crippen LogP contribution in [0.1, 0.15) is 18.1 Å². The first-order valence-corrected chi connectivity index (χ1v) is 8.40. The van der Waals surface area contributed by atoms with Gasteiger partial charge in [0, 0.05) is 31.9 Å². The minimum absolute atomic E-state index is 0.0958. The molecule has 2 aromatic rings. The lowest BCUT2D eigenvalue weighted by atomic mass is 10.0. The van der Waals surface area contributed by atoms with Gasteiger partial charge in [0.25, 0.3) is 0 Å². The highest BCUT2D eigenvalue weighted by molar-refractivity contribution is 5.85. The zero-order chi connectivity index (χ0) is 19.2. The summed E-state index contributed by atoms with van der Waals surface area (Å²) in [7, 11) is 1.48. The number of carbonyl (C=O) groups is 1. The second-order valence-corrected chi connectivity index (χ2v) is 5.90. The van der Waals surface area contributed by atoms with E-state index in [-0.39, 0.29) is 25.6 Å². The molecule has 2 atom stereocenters. The van der Waals surface area contributed by atoms with Crippen LogP contribution in [0, 0.1) is 0 Å². The van der Waals surface area contributed by atoms with Crippen molar-refractivity contribution in [2.45, 2.75) is 18.6 Å². The molecule has 0 unspecified atom stereocenters. The van der Waals surface area contributed by atoms with E-state index in [9.17, 15) is 15.0 Å². The van der Waals surface area contributed by atoms with E-state index in [1.165, 1.54) is 19.2 Å². The lowest BCUT2D eigenvalue weighted by Gasteiger charge is -2.26. The van der Waals surface area contributed by atoms with Crippen LogP contribution < -0.4 is 14.8 Å². The van der Waals surface area contributed by atoms with Crippen LogP contribution in [0.4, 0.5) is 10.5 Å². The van der Waals surface area contributed by atoms with Crippen molar-refractivity contribution >= 4 is 11.8 Å². The van der Waals surface area contributed by atoms with Crippen LogP contribution in [0.2, 0.25) is 0 Å². The molecule has 3 rings (SSSR count). The van der Waals surface area contributed by atoms with Crippen LogP contribution in [-0.4, -0.2) is 42.9 Å². The molecule has 3 N–H and O–H groups in total. The van der Waals surface area contributed by atoms with Crippen molar-refractivity contribution in [3.8, 4) is 17.2 Å². The van der Waals surface area contributed by atoms with Gasteiger partial charge in [-0.1, -0.05) is 12.1 Å². The fourth-order valence-electron chi connectivity index (χ4n) is 2.78. The Morgan fingerprint density at radius 2 is 1.93 bits per heavy atom. The minimum atomic E-state index is -0.767. The van der Waals surface area contributed by atoms with Gasteiger partial charge in [0.1, 0.15) is 11.9 Å². The van der Waals surface area contributed by atoms with E-state index in [0.717, 1.165) is 0 Å². The number of benzene rings is 2. The lowest BCUT2D eigenvalue weighted by molar-refractivity contribution is -0.0306. The fourth-order valence-corrected chi connectivity index (χ4v) is 2.78. The van der Waals surface area contributed by atoms with E-state index < -0.39 is 18.3 Å². The summed E-state index contributed by atoms with van der Waals surface area (Å²) in [4.78, 5) is 12.4. The van der Waals surface area contributed by atoms with Gasteiger partial charge in [0.15, 0.2) is 17.6 Å². The van der Waals surface area contributed by atoms with Gasteiger partial charge in [-0.3, -0.25) is 5.32 Å². The predicted molar refractivity (Wildman–Crippen MR) is 96.0 cm³/mol. The zero-order valence-corrected chi connectivity index (χ0v) is 14.8. The Labute approximate surface area is 156 Å². The number of aliphatic hydroxyl groups excluding tert-OH is 1. The van der Waals surface area contributed by atoms with E-state index in [4.69, 9.17) is 18.9 Å². The summed E-state index contributed by atoms with van der Waals surface area (Å²) in [5.74, 6) is 1.25. The smallest absolute Gasteiger partial charge is 0.412 e. The van der Waals surface area contributed by atoms with Gasteiger partial charge in [0.05, 0.1) is 0 Å². The van der Waals surface area contributed by atoms with E-state index in [1.54, 1.807) is 30.3 Å². The number of anilines is 1. The number of hydrogen-bond donors (Lipinski definition) is 3. The quantitative estimate of drug-likeness (QED) is 0.683. The second kappa shape index (κ2) is 8.61. The van der Waals surface area contributed by atoms with Crippen LogP contribution in [0.5, 0.6) is 17.2 Å². The molecule has 0 aliphatic carbocycles. The number of nitrogens with one attached hydrogen (secondary N) is 1. The molecule has 0 saturated carbocycles. The number of aromatic hydroxyl groups is 1. The predicted octanol–water partition coefficient (Wildman–Crippen LogP) is 2.81. The summed E-state index contributed by atoms with van der Waals surface area (Å²) in [6.45, 7) is 0.0169. The van der Waals surface area contributed by atoms with E-state index in [0.29, 0.717) is 22.7 Å². The normalized spacial score (nSPS) is 14.4. The highest BCUT2D eigenvalue weighted by Crippen LogP contribution is 2.34. The first-order valence-electron chi connectivity index (χ1n) is 8.40. The summed E-state index contributed by atoms with van der Waals surface area (Å²) in [5, 5.41) is 21.4. The highest BCUT2D eigenvalue weighted by atomic mass is 16.7. The summed E-state index contributed by atoms with van der Waals surface area (Å²) >= 11 is 0. The molecule has 0 fully saturated rings. The highest BCUT2D eigenvalue weighted by Gasteiger charge is 2.27. The molecular weight excluding hydrogens is 354 g/mol. The monoisotopic (exact) mass is 375 g/mol. The SMILES string of the molecule is CO[C@H](CCO)[C@H](OC(=O)Nc1ccc2c(c1)OCO2)c1ccc(O)cc1. The molecule has 0 aromatic heterocycles. The third-order valence-corrected chi connectivity index (χ3v) is 4.13. The Kier molecular flexibility index (Phi) is 6.00. The number of hydrogen-bond acceptors (Lipinski definition) is 7. The summed E-state index contributed by atoms with van der Waals surface area (Å²) < 4.78 is 21.5. The standard InChI is InChI=1S/C19H21NO7/c1-24-16(8-9-21)18(12-2-5-14(22)6-3-12)27-19(23)20-13-4-7-15-17(10-13)26-11-25-15/h2-7,10,16,18,21-22H,8-9,11H2,1H3,(H,20,23)/t16-,18-/m1/s1. The topological polar surface area (TPSA) is 106 Å². The van der Waals surface area contributed by atoms with Crippen LogP contribution >= 0.6 is 0 Å². The summed E-state index contributed by atoms with van der Waals surface area (Å²) in [6.07, 6.45) is -1.73. The molecule has 2 aromatic carbocycles. The minimum Gasteiger partial charge on any atom is -0.508 e. The third-order valence-electron chi connectivity index (χ3n) is 4.13. The number of rotatable bonds is 7. The van der Waals surface area contributed by atoms with Gasteiger partial charge >= 0.3 is 6.09 Å². The first kappa shape index (κ1) is 18.8. The third kappa shape index (κ3) is 4.60. The van der Waals surface area contributed by atoms with Crippen molar-refractivity contribution in [3.05, 3.63) is 48.0 Å². The first-order chi connectivity index (χ1) is 13.1. The molecule has 0 spiro atoms. The second-order valence-electron chi connectivity index (χ2n) is 5.90. The molecule has 1 heterocycles. The molecule has 144 valence electrons. The van der Waals surface area contributed by atoms with Crippen LogP contribution in [0.15, 0.2) is 42.5 Å². The number of phenols is 1. The number of aliphatic hydroxyl groups is 1. The van der Waals surface area contributed by atoms with Crippen molar-refractivity contribution in [2.75, 3.05) is 25.8 Å². The lowest BCUT2D eigenvalue weighted by Crippen LogP contribution is -2.28. The fraction of sp³-hybridized carbons (Fsp3) is 0.316. The molecule has 1 aliphatic rings. The number of methoxy groups -OCH3 is 1. The number of ether oxygens (including phenoxy) is 4. The number of amides is 1. The Morgan fingerprint density at radius 1 is 1.19 bits per heavy atom. The van der Waals surface area contributed by atoms with Crippen molar-refractivity contribution in [1.29, 1.82) is 0 Å². The molecule has 1 amide bonds. The Hall–Kier alpha value is -2.97. The van der Waals surface area contributed by atoms with Crippen LogP contribution in [-0.2, 0) is 9.47 Å². The number of carbonyl (C=O) groups excluding carboxylic acids is 1. The molecule has 0 bridgehead atoms. The van der Waals surface area contributed by atoms with Crippen LogP contribution in [0.3, 0.4) is 0 Å². The molecule has 0 radical (unpaired) electrons. The van der Waals surface area contributed by atoms with Crippen LogP contribution in [0.25, 0.3) is 0 Å². The van der Waals surface area contributed by atoms with Crippen molar-refractivity contribution < 1.29 is 34.0 Å². The zero-order valence-electron chi connectivity index (χ0n) is 14.8. The molecule has 27 heavy (non-hydrogen) atoms. The number of fused-ring (bicyclic) bond motifs is 1. The van der Waals surface area contributed by atoms with Crippen molar-refractivity contribution in [1.82, 2.24) is 0 Å². The van der Waals surface area contributed by atoms with Gasteiger partial charge in [-0.25, -0.2) is 4.79 Å². The summed E-state index contributed by atoms with van der Waals surface area (Å²) in [6, 6.07) is 11.3. The molecule has 1 aliphatic heterocycles. The van der Waals surface area contributed by atoms with Crippen molar-refractivity contribution in [2.24, 2.45) is 0 Å². The van der Waals surface area contributed by atoms with E-state index >= 15 is 0 Å². The average Bonchev–Trinajstić information content (AvgIpc) is 3.13. The maximum Gasteiger partial charge on any atom is 0.412 e. The van der Waals surface area contributed by atoms with Gasteiger partial charge in [-0.2, -0.15) is 0 Å². The Bertz CT molecular complexity index is 778. The van der Waals surface area contributed by atoms with Gasteiger partial charge in [0.2, 0.25) is 6.79 Å². The molecule has 8 heteroatoms.